The van der Waals surface area contributed by atoms with E-state index in [1.807, 2.05) is 7.05 Å². The van der Waals surface area contributed by atoms with Crippen LogP contribution in [0.4, 0.5) is 36.4 Å². The molecule has 4 heterocycles. The van der Waals surface area contributed by atoms with Crippen molar-refractivity contribution >= 4 is 23.3 Å². The number of halogens is 3. The molecule has 1 unspecified atom stereocenters. The smallest absolute Gasteiger partial charge is 0.355 e. The third-order valence-electron chi connectivity index (χ3n) is 8.38. The lowest BCUT2D eigenvalue weighted by Crippen LogP contribution is -2.31. The summed E-state index contributed by atoms with van der Waals surface area (Å²) in [5.41, 5.74) is 3.26. The number of likely N-dealkylation sites (N-methyl/N-ethyl adjacent to an activating group) is 1. The molecule has 220 valence electrons. The third-order valence-corrected chi connectivity index (χ3v) is 8.38. The van der Waals surface area contributed by atoms with Gasteiger partial charge in [0.05, 0.1) is 11.3 Å². The summed E-state index contributed by atoms with van der Waals surface area (Å²) in [6, 6.07) is 11.2. The minimum Gasteiger partial charge on any atom is -0.355 e. The van der Waals surface area contributed by atoms with Gasteiger partial charge in [-0.2, -0.15) is 18.2 Å². The predicted molar refractivity (Wildman–Crippen MR) is 158 cm³/mol. The van der Waals surface area contributed by atoms with E-state index in [-0.39, 0.29) is 11.2 Å². The maximum absolute atomic E-state index is 13.8. The molecule has 7 nitrogen and oxygen atoms in total. The molecule has 2 aliphatic heterocycles. The highest BCUT2D eigenvalue weighted by Crippen LogP contribution is 2.37. The van der Waals surface area contributed by atoms with Crippen molar-refractivity contribution in [2.45, 2.75) is 70.5 Å². The van der Waals surface area contributed by atoms with Crippen LogP contribution in [0.2, 0.25) is 0 Å². The maximum atomic E-state index is 13.8. The maximum Gasteiger partial charge on any atom is 0.419 e. The summed E-state index contributed by atoms with van der Waals surface area (Å²) in [6.07, 6.45) is 1.19. The van der Waals surface area contributed by atoms with E-state index in [2.05, 4.69) is 65.6 Å². The molecular formula is C31H40F3N7. The van der Waals surface area contributed by atoms with Crippen molar-refractivity contribution < 1.29 is 13.2 Å². The Labute approximate surface area is 240 Å². The van der Waals surface area contributed by atoms with Gasteiger partial charge in [0, 0.05) is 61.5 Å². The molecule has 0 saturated carbocycles. The number of fused-ring (bicyclic) bond motifs is 1. The van der Waals surface area contributed by atoms with Crippen LogP contribution in [0, 0.1) is 0 Å². The summed E-state index contributed by atoms with van der Waals surface area (Å²) < 4.78 is 41.4. The van der Waals surface area contributed by atoms with Crippen molar-refractivity contribution in [3.8, 4) is 0 Å². The second kappa shape index (κ2) is 11.8. The summed E-state index contributed by atoms with van der Waals surface area (Å²) in [5.74, 6) is 1.40. The second-order valence-electron chi connectivity index (χ2n) is 11.7. The molecule has 1 saturated heterocycles. The van der Waals surface area contributed by atoms with Crippen LogP contribution in [-0.2, 0) is 24.4 Å². The Kier molecular flexibility index (Phi) is 8.40. The van der Waals surface area contributed by atoms with Crippen LogP contribution in [0.25, 0.3) is 0 Å². The topological polar surface area (TPSA) is 69.2 Å². The molecule has 5 rings (SSSR count). The van der Waals surface area contributed by atoms with Gasteiger partial charge in [0.1, 0.15) is 11.6 Å². The number of aromatic nitrogens is 3. The van der Waals surface area contributed by atoms with Gasteiger partial charge in [0.2, 0.25) is 5.95 Å². The number of rotatable bonds is 8. The van der Waals surface area contributed by atoms with E-state index in [0.29, 0.717) is 37.9 Å². The van der Waals surface area contributed by atoms with Gasteiger partial charge in [0.15, 0.2) is 0 Å². The number of alkyl halides is 3. The normalized spacial score (nSPS) is 17.9. The first-order valence-corrected chi connectivity index (χ1v) is 14.6. The number of nitrogens with zero attached hydrogens (tertiary/aromatic N) is 5. The van der Waals surface area contributed by atoms with Crippen molar-refractivity contribution in [2.75, 3.05) is 48.3 Å². The quantitative estimate of drug-likeness (QED) is 0.340. The van der Waals surface area contributed by atoms with E-state index in [4.69, 9.17) is 9.97 Å². The number of pyridine rings is 1. The van der Waals surface area contributed by atoms with Gasteiger partial charge >= 0.3 is 6.18 Å². The van der Waals surface area contributed by atoms with Crippen LogP contribution < -0.4 is 20.4 Å². The molecule has 0 amide bonds. The minimum absolute atomic E-state index is 0.0123. The highest BCUT2D eigenvalue weighted by atomic mass is 19.4. The Bertz CT molecular complexity index is 1340. The van der Waals surface area contributed by atoms with Crippen molar-refractivity contribution in [3.05, 3.63) is 65.0 Å². The molecule has 0 aliphatic carbocycles. The molecular weight excluding hydrogens is 527 g/mol. The third kappa shape index (κ3) is 6.27. The molecule has 1 fully saturated rings. The molecule has 41 heavy (non-hydrogen) atoms. The molecule has 0 spiro atoms. The summed E-state index contributed by atoms with van der Waals surface area (Å²) >= 11 is 0. The largest absolute Gasteiger partial charge is 0.419 e. The van der Waals surface area contributed by atoms with Gasteiger partial charge < -0.3 is 20.4 Å². The number of hydrogen-bond donors (Lipinski definition) is 2. The lowest BCUT2D eigenvalue weighted by atomic mass is 9.84. The van der Waals surface area contributed by atoms with Gasteiger partial charge in [0.25, 0.3) is 0 Å². The average molecular weight is 568 g/mol. The van der Waals surface area contributed by atoms with Gasteiger partial charge in [-0.15, -0.1) is 0 Å². The summed E-state index contributed by atoms with van der Waals surface area (Å²) in [5, 5.41) is 6.81. The van der Waals surface area contributed by atoms with E-state index in [0.717, 1.165) is 61.2 Å². The van der Waals surface area contributed by atoms with Crippen molar-refractivity contribution in [3.63, 3.8) is 0 Å². The molecule has 1 atom stereocenters. The van der Waals surface area contributed by atoms with Crippen LogP contribution >= 0.6 is 0 Å². The fourth-order valence-corrected chi connectivity index (χ4v) is 6.11. The van der Waals surface area contributed by atoms with Crippen molar-refractivity contribution in [2.24, 2.45) is 0 Å². The number of anilines is 4. The van der Waals surface area contributed by atoms with Gasteiger partial charge in [-0.1, -0.05) is 32.9 Å². The molecule has 1 aromatic carbocycles. The second-order valence-corrected chi connectivity index (χ2v) is 11.7. The van der Waals surface area contributed by atoms with E-state index >= 15 is 0 Å². The highest BCUT2D eigenvalue weighted by molar-refractivity contribution is 5.63. The molecule has 0 radical (unpaired) electrons. The minimum atomic E-state index is -4.47. The zero-order chi connectivity index (χ0) is 29.2. The lowest BCUT2D eigenvalue weighted by Gasteiger charge is -2.26. The molecule has 2 aliphatic rings. The Hall–Kier alpha value is -3.40. The van der Waals surface area contributed by atoms with E-state index < -0.39 is 11.7 Å². The van der Waals surface area contributed by atoms with E-state index in [1.54, 1.807) is 4.90 Å². The van der Waals surface area contributed by atoms with Crippen molar-refractivity contribution in [1.82, 2.24) is 20.3 Å². The van der Waals surface area contributed by atoms with Crippen LogP contribution in [0.1, 0.15) is 62.4 Å². The zero-order valence-electron chi connectivity index (χ0n) is 24.4. The van der Waals surface area contributed by atoms with Crippen LogP contribution in [0.15, 0.2) is 42.6 Å². The van der Waals surface area contributed by atoms with Crippen LogP contribution in [0.5, 0.6) is 0 Å². The molecule has 10 heteroatoms. The monoisotopic (exact) mass is 567 g/mol. The van der Waals surface area contributed by atoms with Crippen LogP contribution in [-0.4, -0.2) is 54.2 Å². The van der Waals surface area contributed by atoms with Gasteiger partial charge in [-0.25, -0.2) is 9.97 Å². The van der Waals surface area contributed by atoms with Gasteiger partial charge in [-0.05, 0) is 62.6 Å². The first kappa shape index (κ1) is 29.1. The van der Waals surface area contributed by atoms with Crippen LogP contribution in [0.3, 0.4) is 0 Å². The Balaban J connectivity index is 1.48. The first-order valence-electron chi connectivity index (χ1n) is 14.6. The Morgan fingerprint density at radius 3 is 2.46 bits per heavy atom. The fraction of sp³-hybridized carbons (Fsp3) is 0.516. The van der Waals surface area contributed by atoms with Gasteiger partial charge in [-0.3, -0.25) is 0 Å². The van der Waals surface area contributed by atoms with Crippen molar-refractivity contribution in [1.29, 1.82) is 0 Å². The summed E-state index contributed by atoms with van der Waals surface area (Å²) in [7, 11) is 1.96. The SMILES string of the molecule is CCC1CCCN1c1nc2c(c(Nc3ccc(C(C)(C)CNC)cc3)n1)CCN(c1ncccc1C(F)(F)F)CC2. The fourth-order valence-electron chi connectivity index (χ4n) is 6.11. The zero-order valence-corrected chi connectivity index (χ0v) is 24.4. The molecule has 0 bridgehead atoms. The lowest BCUT2D eigenvalue weighted by molar-refractivity contribution is -0.137. The Morgan fingerprint density at radius 2 is 1.76 bits per heavy atom. The standard InChI is InChI=1S/C31H40F3N7/c1-5-23-8-7-17-41(23)29-38-26-15-19-40(28-25(31(32,33)34)9-6-16-36-28)18-14-24(26)27(39-29)37-22-12-10-21(11-13-22)30(2,3)20-35-4/h6,9-13,16,23,35H,5,7-8,14-15,17-20H2,1-4H3,(H,37,38,39). The van der Waals surface area contributed by atoms with E-state index in [1.165, 1.54) is 17.8 Å². The van der Waals surface area contributed by atoms with E-state index in [9.17, 15) is 13.2 Å². The summed E-state index contributed by atoms with van der Waals surface area (Å²) in [6.45, 7) is 9.16. The average Bonchev–Trinajstić information content (AvgIpc) is 3.32. The first-order chi connectivity index (χ1) is 19.6. The molecule has 3 aromatic rings. The highest BCUT2D eigenvalue weighted by Gasteiger charge is 2.36. The number of hydrogen-bond acceptors (Lipinski definition) is 7. The Morgan fingerprint density at radius 1 is 1.00 bits per heavy atom. The summed E-state index contributed by atoms with van der Waals surface area (Å²) in [4.78, 5) is 18.2. The number of benzene rings is 1. The molecule has 2 N–H and O–H groups in total. The molecule has 2 aromatic heterocycles. The number of nitrogens with one attached hydrogen (secondary N) is 2. The predicted octanol–water partition coefficient (Wildman–Crippen LogP) is 6.12.